The molecule has 0 heterocycles. The van der Waals surface area contributed by atoms with Gasteiger partial charge in [-0.05, 0) is 88.3 Å². The van der Waals surface area contributed by atoms with Gasteiger partial charge in [-0.2, -0.15) is 5.26 Å². The maximum absolute atomic E-state index is 15.7. The molecule has 1 fully saturated rings. The molecule has 1 N–H and O–H groups in total. The van der Waals surface area contributed by atoms with Gasteiger partial charge in [-0.3, -0.25) is 4.79 Å². The molecule has 7 aromatic rings. The smallest absolute Gasteiger partial charge is 0.169 e. The second-order valence-corrected chi connectivity index (χ2v) is 15.4. The van der Waals surface area contributed by atoms with Crippen molar-refractivity contribution in [1.29, 1.82) is 5.26 Å². The molecule has 0 bridgehead atoms. The van der Waals surface area contributed by atoms with Crippen molar-refractivity contribution in [2.24, 2.45) is 5.92 Å². The summed E-state index contributed by atoms with van der Waals surface area (Å²) < 4.78 is 0.899. The summed E-state index contributed by atoms with van der Waals surface area (Å²) in [5, 5.41) is 29.7. The number of aliphatic hydroxyl groups is 1. The largest absolute Gasteiger partial charge is 0.384 e. The highest BCUT2D eigenvalue weighted by molar-refractivity contribution is 9.10. The molecule has 5 atom stereocenters. The molecule has 0 spiro atoms. The van der Waals surface area contributed by atoms with Crippen molar-refractivity contribution < 1.29 is 9.90 Å². The Hall–Kier alpha value is -5.34. The standard InChI is InChI=1S/C48H38BrNO2/c1-31-9-7-15-37(25-31)43-29-48(52,41-20-19-34-12-4-6-14-36(34)28-41)45(46(51)39-18-17-33-11-3-5-13-35(33)27-39)44(38-16-8-10-32(2)26-38)47(43,30-50)40-21-23-42(49)24-22-40/h3-28,43-45,52H,29H2,1-2H3/t43-,44-,45+,47-,48-/m1/s1. The Morgan fingerprint density at radius 2 is 1.21 bits per heavy atom. The average Bonchev–Trinajstić information content (AvgIpc) is 3.17. The minimum Gasteiger partial charge on any atom is -0.384 e. The molecule has 8 rings (SSSR count). The summed E-state index contributed by atoms with van der Waals surface area (Å²) in [6, 6.07) is 55.2. The monoisotopic (exact) mass is 739 g/mol. The van der Waals surface area contributed by atoms with Gasteiger partial charge in [-0.15, -0.1) is 0 Å². The van der Waals surface area contributed by atoms with Crippen LogP contribution in [0.1, 0.15) is 62.0 Å². The Morgan fingerprint density at radius 1 is 0.654 bits per heavy atom. The van der Waals surface area contributed by atoms with Crippen molar-refractivity contribution in [1.82, 2.24) is 0 Å². The number of ketones is 1. The number of nitriles is 1. The second kappa shape index (κ2) is 13.3. The molecule has 0 aliphatic heterocycles. The summed E-state index contributed by atoms with van der Waals surface area (Å²) in [5.41, 5.74) is 2.97. The van der Waals surface area contributed by atoms with Crippen LogP contribution in [-0.2, 0) is 11.0 Å². The summed E-state index contributed by atoms with van der Waals surface area (Å²) in [5.74, 6) is -2.44. The molecule has 254 valence electrons. The molecule has 52 heavy (non-hydrogen) atoms. The minimum absolute atomic E-state index is 0.157. The first-order chi connectivity index (χ1) is 25.2. The Labute approximate surface area is 313 Å². The van der Waals surface area contributed by atoms with E-state index in [2.05, 4.69) is 59.3 Å². The van der Waals surface area contributed by atoms with Crippen molar-refractivity contribution in [3.63, 3.8) is 0 Å². The van der Waals surface area contributed by atoms with Crippen molar-refractivity contribution >= 4 is 43.3 Å². The lowest BCUT2D eigenvalue weighted by Crippen LogP contribution is -2.58. The van der Waals surface area contributed by atoms with Gasteiger partial charge in [-0.25, -0.2) is 0 Å². The molecular weight excluding hydrogens is 702 g/mol. The number of nitrogens with zero attached hydrogens (tertiary/aromatic N) is 1. The molecule has 1 aliphatic rings. The SMILES string of the molecule is Cc1cccc([C@H]2C[C@@](O)(c3ccc4ccccc4c3)[C@H](C(=O)c3ccc4ccccc4c3)[C@@H](c3cccc(C)c3)[C@]2(C#N)c2ccc(Br)cc2)c1. The zero-order valence-corrected chi connectivity index (χ0v) is 30.7. The quantitative estimate of drug-likeness (QED) is 0.173. The molecular formula is C48H38BrNO2. The highest BCUT2D eigenvalue weighted by Crippen LogP contribution is 2.64. The molecule has 0 unspecified atom stereocenters. The van der Waals surface area contributed by atoms with Crippen molar-refractivity contribution in [2.75, 3.05) is 0 Å². The Kier molecular flexibility index (Phi) is 8.66. The number of hydrogen-bond donors (Lipinski definition) is 1. The van der Waals surface area contributed by atoms with Crippen LogP contribution < -0.4 is 0 Å². The molecule has 0 amide bonds. The van der Waals surface area contributed by atoms with E-state index in [0.29, 0.717) is 11.1 Å². The van der Waals surface area contributed by atoms with Gasteiger partial charge in [0.1, 0.15) is 5.60 Å². The second-order valence-electron chi connectivity index (χ2n) is 14.4. The van der Waals surface area contributed by atoms with Gasteiger partial charge in [0.15, 0.2) is 5.78 Å². The minimum atomic E-state index is -1.66. The normalized spacial score (nSPS) is 22.9. The van der Waals surface area contributed by atoms with Gasteiger partial charge in [0.25, 0.3) is 0 Å². The third-order valence-electron chi connectivity index (χ3n) is 11.3. The van der Waals surface area contributed by atoms with Crippen LogP contribution in [0.25, 0.3) is 21.5 Å². The summed E-state index contributed by atoms with van der Waals surface area (Å²) in [6.07, 6.45) is 0.157. The van der Waals surface area contributed by atoms with E-state index in [-0.39, 0.29) is 12.2 Å². The van der Waals surface area contributed by atoms with E-state index in [1.54, 1.807) is 0 Å². The van der Waals surface area contributed by atoms with E-state index in [4.69, 9.17) is 0 Å². The van der Waals surface area contributed by atoms with Crippen LogP contribution in [0.15, 0.2) is 162 Å². The van der Waals surface area contributed by atoms with E-state index < -0.39 is 28.8 Å². The van der Waals surface area contributed by atoms with Gasteiger partial charge in [-0.1, -0.05) is 161 Å². The fourth-order valence-electron chi connectivity index (χ4n) is 8.91. The third-order valence-corrected chi connectivity index (χ3v) is 11.9. The number of aryl methyl sites for hydroxylation is 2. The third kappa shape index (κ3) is 5.66. The maximum Gasteiger partial charge on any atom is 0.169 e. The molecule has 3 nitrogen and oxygen atoms in total. The lowest BCUT2D eigenvalue weighted by Gasteiger charge is -2.56. The lowest BCUT2D eigenvalue weighted by molar-refractivity contribution is -0.0738. The molecule has 1 aliphatic carbocycles. The van der Waals surface area contributed by atoms with E-state index in [0.717, 1.165) is 53.8 Å². The fraction of sp³-hybridized carbons (Fsp3) is 0.167. The molecule has 7 aromatic carbocycles. The molecule has 0 aromatic heterocycles. The van der Waals surface area contributed by atoms with Crippen LogP contribution in [0.3, 0.4) is 0 Å². The van der Waals surface area contributed by atoms with Gasteiger partial charge in [0, 0.05) is 21.9 Å². The van der Waals surface area contributed by atoms with Gasteiger partial charge in [0.05, 0.1) is 17.4 Å². The number of carbonyl (C=O) groups is 1. The first kappa shape index (κ1) is 33.8. The summed E-state index contributed by atoms with van der Waals surface area (Å²) in [4.78, 5) is 15.7. The predicted octanol–water partition coefficient (Wildman–Crippen LogP) is 11.5. The van der Waals surface area contributed by atoms with Crippen molar-refractivity contribution in [3.05, 3.63) is 201 Å². The first-order valence-corrected chi connectivity index (χ1v) is 18.6. The van der Waals surface area contributed by atoms with Crippen LogP contribution in [0.4, 0.5) is 0 Å². The number of rotatable bonds is 6. The number of benzene rings is 7. The Balaban J connectivity index is 1.49. The van der Waals surface area contributed by atoms with E-state index in [1.165, 1.54) is 0 Å². The van der Waals surface area contributed by atoms with Gasteiger partial charge in [0.2, 0.25) is 0 Å². The van der Waals surface area contributed by atoms with Gasteiger partial charge >= 0.3 is 0 Å². The first-order valence-electron chi connectivity index (χ1n) is 17.8. The van der Waals surface area contributed by atoms with Crippen molar-refractivity contribution in [3.8, 4) is 6.07 Å². The summed E-state index contributed by atoms with van der Waals surface area (Å²) in [6.45, 7) is 4.09. The Morgan fingerprint density at radius 3 is 1.85 bits per heavy atom. The molecule has 1 saturated carbocycles. The number of carbonyl (C=O) groups excluding carboxylic acids is 1. The van der Waals surface area contributed by atoms with Crippen LogP contribution >= 0.6 is 15.9 Å². The highest BCUT2D eigenvalue weighted by Gasteiger charge is 2.64. The zero-order valence-electron chi connectivity index (χ0n) is 29.1. The Bertz CT molecular complexity index is 2520. The molecule has 0 saturated heterocycles. The zero-order chi connectivity index (χ0) is 36.0. The van der Waals surface area contributed by atoms with Crippen LogP contribution in [0.5, 0.6) is 0 Å². The molecule has 0 radical (unpaired) electrons. The highest BCUT2D eigenvalue weighted by atomic mass is 79.9. The van der Waals surface area contributed by atoms with Crippen LogP contribution in [0, 0.1) is 31.1 Å². The number of halogens is 1. The average molecular weight is 741 g/mol. The summed E-state index contributed by atoms with van der Waals surface area (Å²) in [7, 11) is 0. The van der Waals surface area contributed by atoms with Gasteiger partial charge < -0.3 is 5.11 Å². The number of fused-ring (bicyclic) bond motifs is 2. The topological polar surface area (TPSA) is 61.1 Å². The lowest BCUT2D eigenvalue weighted by atomic mass is 9.46. The fourth-order valence-corrected chi connectivity index (χ4v) is 9.17. The van der Waals surface area contributed by atoms with E-state index in [1.807, 2.05) is 134 Å². The number of Topliss-reactive ketones (excluding diaryl/α,β-unsaturated/α-hetero) is 1. The predicted molar refractivity (Wildman–Crippen MR) is 214 cm³/mol. The van der Waals surface area contributed by atoms with E-state index in [9.17, 15) is 10.4 Å². The van der Waals surface area contributed by atoms with Crippen LogP contribution in [-0.4, -0.2) is 10.9 Å². The number of hydrogen-bond acceptors (Lipinski definition) is 3. The van der Waals surface area contributed by atoms with E-state index >= 15 is 4.79 Å². The maximum atomic E-state index is 15.7. The molecule has 4 heteroatoms. The van der Waals surface area contributed by atoms with Crippen LogP contribution in [0.2, 0.25) is 0 Å². The van der Waals surface area contributed by atoms with Crippen molar-refractivity contribution in [2.45, 2.75) is 43.1 Å². The summed E-state index contributed by atoms with van der Waals surface area (Å²) >= 11 is 3.62.